The molecule has 0 radical (unpaired) electrons. The van der Waals surface area contributed by atoms with E-state index in [0.29, 0.717) is 96.7 Å². The zero-order valence-electron chi connectivity index (χ0n) is 46.7. The number of hydrogen-bond acceptors (Lipinski definition) is 3. The average Bonchev–Trinajstić information content (AvgIpc) is 1.54. The SMILES string of the molecule is C=Cc1ccc(Oc2ccc(C3(c4cc(F)c(F)cc4F)c4ccccc4-c4ccc(N(c5ccc(-c6ccc(F)cc6)cc5)c5ccc6c(c5)C(c5ccc(Oc7ccc(C=C)cc7)cc5)(c5cc(F)c(F)cc5F)c5ccccc5-6)cc43)cc2)cc1. The topological polar surface area (TPSA) is 21.7 Å². The molecule has 0 amide bonds. The van der Waals surface area contributed by atoms with Crippen molar-refractivity contribution in [1.29, 1.82) is 0 Å². The molecule has 0 spiro atoms. The Bertz CT molecular complexity index is 4460. The van der Waals surface area contributed by atoms with Crippen LogP contribution in [0.3, 0.4) is 0 Å². The predicted octanol–water partition coefficient (Wildman–Crippen LogP) is 21.4. The second-order valence-electron chi connectivity index (χ2n) is 21.7. The predicted molar refractivity (Wildman–Crippen MR) is 334 cm³/mol. The number of hydrogen-bond donors (Lipinski definition) is 0. The van der Waals surface area contributed by atoms with Gasteiger partial charge in [-0.3, -0.25) is 0 Å². The Morgan fingerprint density at radius 3 is 1.03 bits per heavy atom. The Labute approximate surface area is 503 Å². The van der Waals surface area contributed by atoms with Crippen LogP contribution in [0.1, 0.15) is 55.6 Å². The molecule has 0 fully saturated rings. The van der Waals surface area contributed by atoms with Gasteiger partial charge in [-0.15, -0.1) is 0 Å². The van der Waals surface area contributed by atoms with Crippen molar-refractivity contribution in [2.75, 3.05) is 4.90 Å². The molecule has 426 valence electrons. The molecular weight excluding hydrogens is 1120 g/mol. The van der Waals surface area contributed by atoms with Crippen molar-refractivity contribution >= 4 is 29.2 Å². The third-order valence-electron chi connectivity index (χ3n) is 17.0. The van der Waals surface area contributed by atoms with Crippen molar-refractivity contribution in [2.45, 2.75) is 10.8 Å². The van der Waals surface area contributed by atoms with Crippen molar-refractivity contribution in [3.63, 3.8) is 0 Å². The molecule has 2 unspecified atom stereocenters. The highest BCUT2D eigenvalue weighted by molar-refractivity contribution is 5.93. The molecule has 0 bridgehead atoms. The van der Waals surface area contributed by atoms with Crippen LogP contribution in [-0.4, -0.2) is 0 Å². The normalized spacial score (nSPS) is 15.2. The Morgan fingerprint density at radius 1 is 0.295 bits per heavy atom. The van der Waals surface area contributed by atoms with Crippen LogP contribution < -0.4 is 14.4 Å². The summed E-state index contributed by atoms with van der Waals surface area (Å²) in [5, 5.41) is 0. The second kappa shape index (κ2) is 21.8. The zero-order chi connectivity index (χ0) is 60.4. The summed E-state index contributed by atoms with van der Waals surface area (Å²) in [4.78, 5) is 1.98. The molecule has 0 aliphatic heterocycles. The summed E-state index contributed by atoms with van der Waals surface area (Å²) in [6.45, 7) is 7.68. The van der Waals surface area contributed by atoms with Crippen LogP contribution in [0.25, 0.3) is 45.5 Å². The molecule has 14 rings (SSSR count). The van der Waals surface area contributed by atoms with Gasteiger partial charge in [0, 0.05) is 40.3 Å². The van der Waals surface area contributed by atoms with Crippen LogP contribution in [0.4, 0.5) is 47.8 Å². The van der Waals surface area contributed by atoms with Crippen LogP contribution in [0, 0.1) is 40.7 Å². The molecule has 88 heavy (non-hydrogen) atoms. The molecule has 0 saturated heterocycles. The highest BCUT2D eigenvalue weighted by atomic mass is 19.2. The monoisotopic (exact) mass is 1160 g/mol. The van der Waals surface area contributed by atoms with Gasteiger partial charge >= 0.3 is 0 Å². The molecule has 2 aliphatic carbocycles. The Kier molecular flexibility index (Phi) is 13.6. The number of ether oxygens (including phenoxy) is 2. The van der Waals surface area contributed by atoms with E-state index in [1.54, 1.807) is 72.8 Å². The number of nitrogens with zero attached hydrogens (tertiary/aromatic N) is 1. The number of halogens is 7. The lowest BCUT2D eigenvalue weighted by molar-refractivity contribution is 0.480. The number of anilines is 3. The van der Waals surface area contributed by atoms with Gasteiger partial charge in [-0.1, -0.05) is 159 Å². The molecule has 2 atom stereocenters. The number of rotatable bonds is 14. The molecular formula is C78H48F7NO2. The number of fused-ring (bicyclic) bond motifs is 6. The van der Waals surface area contributed by atoms with E-state index in [9.17, 15) is 4.39 Å². The van der Waals surface area contributed by atoms with Crippen LogP contribution >= 0.6 is 0 Å². The van der Waals surface area contributed by atoms with Crippen LogP contribution in [0.2, 0.25) is 0 Å². The fourth-order valence-electron chi connectivity index (χ4n) is 13.0. The van der Waals surface area contributed by atoms with Gasteiger partial charge in [0.2, 0.25) is 0 Å². The van der Waals surface area contributed by atoms with Gasteiger partial charge in [0.15, 0.2) is 23.3 Å². The standard InChI is InChI=1S/C78H48F7NO2/c1-3-47-13-31-57(32-14-47)87-59-35-21-51(22-36-59)77(69-43-73(82)75(84)45-71(69)80)65-11-7-5-9-61(65)63-39-29-55(41-67(63)77)86(54-27-19-50(20-28-54)49-17-25-53(79)26-18-49)56-30-40-64-62-10-6-8-12-66(62)78(68(64)42-56,70-44-74(83)76(85)46-72(70)81)52-23-37-60(38-24-52)88-58-33-15-48(4-2)16-34-58/h3-46H,1-2H2. The summed E-state index contributed by atoms with van der Waals surface area (Å²) < 4.78 is 124. The molecule has 10 heteroatoms. The van der Waals surface area contributed by atoms with Gasteiger partial charge < -0.3 is 14.4 Å². The molecule has 12 aromatic carbocycles. The fraction of sp³-hybridized carbons (Fsp3) is 0.0256. The molecule has 0 heterocycles. The van der Waals surface area contributed by atoms with Crippen molar-refractivity contribution in [3.05, 3.63) is 364 Å². The van der Waals surface area contributed by atoms with Gasteiger partial charge in [-0.25, -0.2) is 30.7 Å². The third-order valence-corrected chi connectivity index (χ3v) is 17.0. The first kappa shape index (κ1) is 54.9. The van der Waals surface area contributed by atoms with Gasteiger partial charge in [0.05, 0.1) is 10.8 Å². The highest BCUT2D eigenvalue weighted by Crippen LogP contribution is 2.61. The Hall–Kier alpha value is -11.0. The molecule has 12 aromatic rings. The first-order valence-corrected chi connectivity index (χ1v) is 28.3. The largest absolute Gasteiger partial charge is 0.457 e. The molecule has 0 saturated carbocycles. The van der Waals surface area contributed by atoms with Crippen molar-refractivity contribution in [3.8, 4) is 56.4 Å². The van der Waals surface area contributed by atoms with Crippen molar-refractivity contribution in [2.24, 2.45) is 0 Å². The molecule has 3 nitrogen and oxygen atoms in total. The fourth-order valence-corrected chi connectivity index (χ4v) is 13.0. The van der Waals surface area contributed by atoms with Crippen LogP contribution in [-0.2, 0) is 10.8 Å². The smallest absolute Gasteiger partial charge is 0.161 e. The van der Waals surface area contributed by atoms with Crippen molar-refractivity contribution in [1.82, 2.24) is 0 Å². The first-order chi connectivity index (χ1) is 42.8. The van der Waals surface area contributed by atoms with E-state index >= 15 is 26.3 Å². The van der Waals surface area contributed by atoms with Gasteiger partial charge in [0.1, 0.15) is 40.4 Å². The van der Waals surface area contributed by atoms with E-state index in [2.05, 4.69) is 13.2 Å². The van der Waals surface area contributed by atoms with Crippen LogP contribution in [0.15, 0.2) is 268 Å². The maximum Gasteiger partial charge on any atom is 0.161 e. The van der Waals surface area contributed by atoms with Crippen LogP contribution in [0.5, 0.6) is 23.0 Å². The van der Waals surface area contributed by atoms with Gasteiger partial charge in [0.25, 0.3) is 0 Å². The van der Waals surface area contributed by atoms with E-state index in [1.807, 2.05) is 163 Å². The average molecular weight is 1160 g/mol. The molecule has 2 aliphatic rings. The minimum Gasteiger partial charge on any atom is -0.457 e. The summed E-state index contributed by atoms with van der Waals surface area (Å²) in [7, 11) is 0. The second-order valence-corrected chi connectivity index (χ2v) is 21.7. The third kappa shape index (κ3) is 9.06. The highest BCUT2D eigenvalue weighted by Gasteiger charge is 2.50. The van der Waals surface area contributed by atoms with E-state index in [-0.39, 0.29) is 16.9 Å². The molecule has 0 N–H and O–H groups in total. The maximum absolute atomic E-state index is 17.3. The zero-order valence-corrected chi connectivity index (χ0v) is 46.7. The summed E-state index contributed by atoms with van der Waals surface area (Å²) in [6, 6.07) is 72.2. The van der Waals surface area contributed by atoms with Gasteiger partial charge in [-0.2, -0.15) is 0 Å². The lowest BCUT2D eigenvalue weighted by Gasteiger charge is -2.36. The first-order valence-electron chi connectivity index (χ1n) is 28.3. The van der Waals surface area contributed by atoms with E-state index < -0.39 is 45.7 Å². The van der Waals surface area contributed by atoms with Crippen molar-refractivity contribution < 1.29 is 40.2 Å². The minimum atomic E-state index is -1.63. The summed E-state index contributed by atoms with van der Waals surface area (Å²) in [5.74, 6) is -5.51. The summed E-state index contributed by atoms with van der Waals surface area (Å²) >= 11 is 0. The van der Waals surface area contributed by atoms with Gasteiger partial charge in [-0.05, 0) is 187 Å². The van der Waals surface area contributed by atoms with E-state index in [4.69, 9.17) is 9.47 Å². The lowest BCUT2D eigenvalue weighted by atomic mass is 9.67. The lowest BCUT2D eigenvalue weighted by Crippen LogP contribution is -2.31. The molecule has 0 aromatic heterocycles. The van der Waals surface area contributed by atoms with E-state index in [0.717, 1.165) is 45.5 Å². The number of benzene rings is 12. The van der Waals surface area contributed by atoms with E-state index in [1.165, 1.54) is 12.1 Å². The maximum atomic E-state index is 17.3. The minimum absolute atomic E-state index is 0.144. The quantitative estimate of drug-likeness (QED) is 0.0800. The summed E-state index contributed by atoms with van der Waals surface area (Å²) in [6.07, 6.45) is 3.45. The Balaban J connectivity index is 0.997. The summed E-state index contributed by atoms with van der Waals surface area (Å²) in [5.41, 5.74) is 7.58. The Morgan fingerprint density at radius 2 is 0.636 bits per heavy atom.